The van der Waals surface area contributed by atoms with E-state index in [4.69, 9.17) is 4.52 Å². The van der Waals surface area contributed by atoms with Crippen molar-refractivity contribution in [2.24, 2.45) is 0 Å². The lowest BCUT2D eigenvalue weighted by atomic mass is 9.91. The van der Waals surface area contributed by atoms with Gasteiger partial charge >= 0.3 is 0 Å². The highest BCUT2D eigenvalue weighted by atomic mass is 16.5. The quantitative estimate of drug-likeness (QED) is 0.760. The van der Waals surface area contributed by atoms with Gasteiger partial charge in [0, 0.05) is 23.4 Å². The lowest BCUT2D eigenvalue weighted by Gasteiger charge is -2.25. The predicted octanol–water partition coefficient (Wildman–Crippen LogP) is 3.15. The van der Waals surface area contributed by atoms with E-state index in [1.807, 2.05) is 31.2 Å². The van der Waals surface area contributed by atoms with Crippen LogP contribution in [-0.2, 0) is 6.42 Å². The molecule has 1 unspecified atom stereocenters. The number of nitrogens with one attached hydrogen (secondary N) is 2. The second-order valence-electron chi connectivity index (χ2n) is 6.62. The lowest BCUT2D eigenvalue weighted by Crippen LogP contribution is -2.32. The van der Waals surface area contributed by atoms with Crippen LogP contribution in [0.5, 0.6) is 0 Å². The Balaban J connectivity index is 1.53. The molecule has 3 aromatic rings. The number of pyridine rings is 1. The van der Waals surface area contributed by atoms with Crippen LogP contribution in [0, 0.1) is 6.92 Å². The second-order valence-corrected chi connectivity index (χ2v) is 6.62. The number of H-pyrrole nitrogens is 1. The molecule has 4 rings (SSSR count). The maximum Gasteiger partial charge on any atom is 0.290 e. The summed E-state index contributed by atoms with van der Waals surface area (Å²) in [5.74, 6) is -0.128. The van der Waals surface area contributed by atoms with Gasteiger partial charge in [0.25, 0.3) is 5.91 Å². The van der Waals surface area contributed by atoms with Gasteiger partial charge in [-0.25, -0.2) is 0 Å². The first-order valence-electron chi connectivity index (χ1n) is 8.67. The highest BCUT2D eigenvalue weighted by Crippen LogP contribution is 2.28. The Hall–Kier alpha value is -3.15. The van der Waals surface area contributed by atoms with E-state index in [0.29, 0.717) is 5.69 Å². The fourth-order valence-electron chi connectivity index (χ4n) is 3.32. The van der Waals surface area contributed by atoms with Crippen LogP contribution in [0.15, 0.2) is 51.8 Å². The number of aryl methyl sites for hydroxylation is 2. The second kappa shape index (κ2) is 6.63. The fraction of sp³-hybridized carbons (Fsp3) is 0.250. The van der Waals surface area contributed by atoms with E-state index in [1.54, 1.807) is 12.1 Å². The topological polar surface area (TPSA) is 88.0 Å². The summed E-state index contributed by atoms with van der Waals surface area (Å²) in [5.41, 5.74) is 4.43. The maximum atomic E-state index is 12.6. The van der Waals surface area contributed by atoms with E-state index in [0.717, 1.165) is 41.6 Å². The molecule has 1 atom stereocenters. The zero-order valence-electron chi connectivity index (χ0n) is 14.4. The summed E-state index contributed by atoms with van der Waals surface area (Å²) in [5, 5.41) is 6.99. The molecule has 0 bridgehead atoms. The van der Waals surface area contributed by atoms with Crippen molar-refractivity contribution in [3.8, 4) is 11.3 Å². The summed E-state index contributed by atoms with van der Waals surface area (Å²) < 4.78 is 5.24. The Bertz CT molecular complexity index is 1000. The lowest BCUT2D eigenvalue weighted by molar-refractivity contribution is 0.0895. The molecule has 0 saturated carbocycles. The Morgan fingerprint density at radius 1 is 1.23 bits per heavy atom. The average molecular weight is 349 g/mol. The summed E-state index contributed by atoms with van der Waals surface area (Å²) >= 11 is 0. The van der Waals surface area contributed by atoms with Gasteiger partial charge in [-0.2, -0.15) is 0 Å². The van der Waals surface area contributed by atoms with E-state index < -0.39 is 0 Å². The minimum atomic E-state index is -0.306. The molecule has 2 N–H and O–H groups in total. The summed E-state index contributed by atoms with van der Waals surface area (Å²) in [4.78, 5) is 26.9. The largest absolute Gasteiger partial charge is 0.350 e. The van der Waals surface area contributed by atoms with Gasteiger partial charge in [-0.15, -0.1) is 0 Å². The van der Waals surface area contributed by atoms with Crippen molar-refractivity contribution in [1.29, 1.82) is 0 Å². The molecule has 2 aromatic heterocycles. The molecular weight excluding hydrogens is 330 g/mol. The van der Waals surface area contributed by atoms with Crippen LogP contribution < -0.4 is 10.9 Å². The zero-order valence-corrected chi connectivity index (χ0v) is 14.4. The van der Waals surface area contributed by atoms with Gasteiger partial charge in [0.15, 0.2) is 0 Å². The van der Waals surface area contributed by atoms with Crippen molar-refractivity contribution in [3.63, 3.8) is 0 Å². The number of nitrogens with zero attached hydrogens (tertiary/aromatic N) is 1. The van der Waals surface area contributed by atoms with Crippen LogP contribution in [0.3, 0.4) is 0 Å². The van der Waals surface area contributed by atoms with E-state index in [9.17, 15) is 9.59 Å². The molecule has 0 fully saturated rings. The Labute approximate surface area is 150 Å². The smallest absolute Gasteiger partial charge is 0.290 e. The predicted molar refractivity (Wildman–Crippen MR) is 96.9 cm³/mol. The first-order valence-corrected chi connectivity index (χ1v) is 8.67. The number of hydrogen-bond donors (Lipinski definition) is 2. The highest BCUT2D eigenvalue weighted by Gasteiger charge is 2.24. The van der Waals surface area contributed by atoms with E-state index in [1.165, 1.54) is 6.07 Å². The number of aromatic amines is 1. The monoisotopic (exact) mass is 349 g/mol. The molecule has 132 valence electrons. The van der Waals surface area contributed by atoms with Gasteiger partial charge in [0.2, 0.25) is 11.3 Å². The average Bonchev–Trinajstić information content (AvgIpc) is 3.12. The van der Waals surface area contributed by atoms with Crippen molar-refractivity contribution in [1.82, 2.24) is 15.5 Å². The Morgan fingerprint density at radius 3 is 2.85 bits per heavy atom. The normalized spacial score (nSPS) is 16.1. The van der Waals surface area contributed by atoms with Crippen LogP contribution in [0.1, 0.15) is 46.3 Å². The van der Waals surface area contributed by atoms with Crippen molar-refractivity contribution in [2.45, 2.75) is 32.2 Å². The number of aromatic nitrogens is 2. The van der Waals surface area contributed by atoms with Gasteiger partial charge in [-0.1, -0.05) is 35.0 Å². The number of carbonyl (C=O) groups excluding carboxylic acids is 1. The van der Waals surface area contributed by atoms with Crippen molar-refractivity contribution in [2.75, 3.05) is 0 Å². The van der Waals surface area contributed by atoms with E-state index in [-0.39, 0.29) is 23.3 Å². The van der Waals surface area contributed by atoms with Gasteiger partial charge < -0.3 is 14.8 Å². The number of fused-ring (bicyclic) bond motifs is 1. The van der Waals surface area contributed by atoms with Crippen LogP contribution >= 0.6 is 0 Å². The van der Waals surface area contributed by atoms with Crippen molar-refractivity contribution < 1.29 is 9.32 Å². The molecule has 6 heteroatoms. The van der Waals surface area contributed by atoms with Crippen LogP contribution in [0.4, 0.5) is 0 Å². The molecular formula is C20H19N3O3. The molecule has 1 amide bonds. The summed E-state index contributed by atoms with van der Waals surface area (Å²) in [6.07, 6.45) is 2.55. The molecule has 1 aromatic carbocycles. The van der Waals surface area contributed by atoms with Crippen molar-refractivity contribution >= 4 is 5.91 Å². The third-order valence-corrected chi connectivity index (χ3v) is 4.72. The summed E-state index contributed by atoms with van der Waals surface area (Å²) in [6, 6.07) is 12.7. The van der Waals surface area contributed by atoms with Crippen LogP contribution in [-0.4, -0.2) is 16.0 Å². The van der Waals surface area contributed by atoms with Crippen LogP contribution in [0.25, 0.3) is 11.3 Å². The molecule has 1 aliphatic rings. The number of amides is 1. The number of hydrogen-bond acceptors (Lipinski definition) is 4. The Morgan fingerprint density at radius 2 is 2.04 bits per heavy atom. The molecule has 0 aliphatic heterocycles. The number of benzene rings is 1. The number of carbonyl (C=O) groups is 1. The molecule has 0 spiro atoms. The third-order valence-electron chi connectivity index (χ3n) is 4.72. The first kappa shape index (κ1) is 16.3. The molecule has 0 radical (unpaired) electrons. The van der Waals surface area contributed by atoms with Gasteiger partial charge in [-0.3, -0.25) is 9.59 Å². The minimum Gasteiger partial charge on any atom is -0.350 e. The van der Waals surface area contributed by atoms with Gasteiger partial charge in [-0.05, 0) is 37.8 Å². The zero-order chi connectivity index (χ0) is 18.1. The molecule has 6 nitrogen and oxygen atoms in total. The maximum absolute atomic E-state index is 12.6. The molecule has 2 heterocycles. The number of rotatable bonds is 3. The summed E-state index contributed by atoms with van der Waals surface area (Å²) in [6.45, 7) is 2.01. The van der Waals surface area contributed by atoms with Gasteiger partial charge in [0.1, 0.15) is 5.69 Å². The molecule has 26 heavy (non-hydrogen) atoms. The Kier molecular flexibility index (Phi) is 4.16. The van der Waals surface area contributed by atoms with E-state index in [2.05, 4.69) is 15.5 Å². The van der Waals surface area contributed by atoms with Gasteiger partial charge in [0.05, 0.1) is 6.04 Å². The molecule has 1 aliphatic carbocycles. The first-order chi connectivity index (χ1) is 12.6. The minimum absolute atomic E-state index is 0.117. The summed E-state index contributed by atoms with van der Waals surface area (Å²) in [7, 11) is 0. The fourth-order valence-corrected chi connectivity index (χ4v) is 3.32. The van der Waals surface area contributed by atoms with Crippen LogP contribution in [0.2, 0.25) is 0 Å². The SMILES string of the molecule is Cc1ccc(-c2cc(C(=O)NC3CCCc4[nH]c(=O)ccc43)on2)cc1. The third kappa shape index (κ3) is 3.18. The standard InChI is InChI=1S/C20H19N3O3/c1-12-5-7-13(8-6-12)17-11-18(26-23-17)20(25)22-16-4-2-3-15-14(16)9-10-19(24)21-15/h5-11,16H,2-4H2,1H3,(H,21,24)(H,22,25). The van der Waals surface area contributed by atoms with Crippen molar-refractivity contribution in [3.05, 3.63) is 75.4 Å². The molecule has 0 saturated heterocycles. The highest BCUT2D eigenvalue weighted by molar-refractivity contribution is 5.92. The van der Waals surface area contributed by atoms with E-state index >= 15 is 0 Å².